The Hall–Kier alpha value is 0.885. The van der Waals surface area contributed by atoms with E-state index < -0.39 is 0 Å². The summed E-state index contributed by atoms with van der Waals surface area (Å²) in [5.74, 6) is 0. The number of rotatable bonds is 0. The maximum absolute atomic E-state index is 4.06. The summed E-state index contributed by atoms with van der Waals surface area (Å²) in [6.07, 6.45) is 4.40. The molecule has 1 aromatic heterocycles. The van der Waals surface area contributed by atoms with Crippen molar-refractivity contribution in [2.45, 2.75) is 13.8 Å². The van der Waals surface area contributed by atoms with Crippen LogP contribution in [-0.2, 0) is 0 Å². The van der Waals surface area contributed by atoms with Crippen molar-refractivity contribution < 1.29 is 58.2 Å². The molecule has 1 rings (SSSR count). The van der Waals surface area contributed by atoms with Gasteiger partial charge in [-0.25, -0.2) is 0 Å². The fourth-order valence-corrected chi connectivity index (χ4v) is 0.538. The molecule has 0 aliphatic heterocycles. The average Bonchev–Trinajstić information content (AvgIpc) is 1.64. The molecule has 42 valence electrons. The van der Waals surface area contributed by atoms with Gasteiger partial charge in [0.2, 0.25) is 0 Å². The monoisotopic (exact) mass is 192 g/mol. The molecule has 3 heteroatoms. The third kappa shape index (κ3) is 3.55. The van der Waals surface area contributed by atoms with Crippen LogP contribution in [0, 0.1) is 20.0 Å². The largest absolute Gasteiger partial charge is 1.00 e. The van der Waals surface area contributed by atoms with Gasteiger partial charge in [0.25, 0.3) is 0 Å². The van der Waals surface area contributed by atoms with Gasteiger partial charge in [0.05, 0.1) is 0 Å². The van der Waals surface area contributed by atoms with Crippen LogP contribution in [0.3, 0.4) is 0 Å². The van der Waals surface area contributed by atoms with Crippen molar-refractivity contribution in [2.24, 2.45) is 0 Å². The quantitative estimate of drug-likeness (QED) is 0.440. The van der Waals surface area contributed by atoms with Gasteiger partial charge in [0, 0.05) is 0 Å². The summed E-state index contributed by atoms with van der Waals surface area (Å²) in [5, 5.41) is 0. The zero-order chi connectivity index (χ0) is 5.98. The van der Waals surface area contributed by atoms with Crippen molar-refractivity contribution in [1.82, 2.24) is 9.97 Å². The molecule has 1 aromatic rings. The van der Waals surface area contributed by atoms with Crippen molar-refractivity contribution in [3.8, 4) is 0 Å². The summed E-state index contributed by atoms with van der Waals surface area (Å²) in [4.78, 5) is 7.85. The first-order chi connectivity index (χ1) is 3.79. The van der Waals surface area contributed by atoms with Crippen molar-refractivity contribution in [2.75, 3.05) is 0 Å². The standard InChI is InChI=1S/C6H7N2.Rb/c1-5-3-7-4-6(2)8-5;/h3H,1-2H3;/q-1;+1. The Morgan fingerprint density at radius 3 is 2.44 bits per heavy atom. The summed E-state index contributed by atoms with van der Waals surface area (Å²) in [6, 6.07) is 0. The van der Waals surface area contributed by atoms with E-state index in [-0.39, 0.29) is 58.2 Å². The fraction of sp³-hybridized carbons (Fsp3) is 0.333. The van der Waals surface area contributed by atoms with Crippen LogP contribution >= 0.6 is 0 Å². The number of aryl methyl sites for hydroxylation is 2. The first kappa shape index (κ1) is 9.89. The molecule has 0 aliphatic rings. The molecule has 0 unspecified atom stereocenters. The van der Waals surface area contributed by atoms with Crippen molar-refractivity contribution in [1.29, 1.82) is 0 Å². The third-order valence-electron chi connectivity index (χ3n) is 0.822. The number of nitrogens with zero attached hydrogens (tertiary/aromatic N) is 2. The van der Waals surface area contributed by atoms with Crippen molar-refractivity contribution >= 4 is 0 Å². The third-order valence-corrected chi connectivity index (χ3v) is 0.822. The molecule has 0 spiro atoms. The molecule has 0 aliphatic carbocycles. The molecule has 0 saturated carbocycles. The minimum atomic E-state index is 0. The second-order valence-corrected chi connectivity index (χ2v) is 1.71. The van der Waals surface area contributed by atoms with Crippen molar-refractivity contribution in [3.63, 3.8) is 0 Å². The molecule has 2 nitrogen and oxygen atoms in total. The summed E-state index contributed by atoms with van der Waals surface area (Å²) in [6.45, 7) is 3.79. The first-order valence-electron chi connectivity index (χ1n) is 2.47. The van der Waals surface area contributed by atoms with Gasteiger partial charge in [-0.3, -0.25) is 4.98 Å². The van der Waals surface area contributed by atoms with E-state index in [1.54, 1.807) is 6.20 Å². The van der Waals surface area contributed by atoms with Gasteiger partial charge in [-0.15, -0.1) is 12.4 Å². The molecular weight excluding hydrogens is 186 g/mol. The average molecular weight is 193 g/mol. The Kier molecular flexibility index (Phi) is 5.12. The second kappa shape index (κ2) is 4.66. The minimum absolute atomic E-state index is 0. The number of hydrogen-bond acceptors (Lipinski definition) is 2. The summed E-state index contributed by atoms with van der Waals surface area (Å²) in [7, 11) is 0. The van der Waals surface area contributed by atoms with Gasteiger partial charge in [0.1, 0.15) is 0 Å². The van der Waals surface area contributed by atoms with E-state index in [1.807, 2.05) is 13.8 Å². The smallest absolute Gasteiger partial charge is 0.456 e. The van der Waals surface area contributed by atoms with Crippen LogP contribution in [0.4, 0.5) is 0 Å². The molecular formula is C6H7N2Rb. The SMILES string of the molecule is Cc1[c-]ncc(C)n1.[Rb+]. The number of aromatic nitrogens is 2. The normalized spacial score (nSPS) is 8.22. The first-order valence-corrected chi connectivity index (χ1v) is 2.47. The van der Waals surface area contributed by atoms with Crippen LogP contribution < -0.4 is 58.2 Å². The molecule has 1 heterocycles. The molecule has 0 fully saturated rings. The Morgan fingerprint density at radius 1 is 1.44 bits per heavy atom. The molecule has 0 atom stereocenters. The van der Waals surface area contributed by atoms with Crippen LogP contribution in [0.25, 0.3) is 0 Å². The van der Waals surface area contributed by atoms with Gasteiger partial charge in [0.15, 0.2) is 0 Å². The number of hydrogen-bond donors (Lipinski definition) is 0. The molecule has 0 bridgehead atoms. The Morgan fingerprint density at radius 2 is 2.11 bits per heavy atom. The van der Waals surface area contributed by atoms with Gasteiger partial charge in [-0.1, -0.05) is 0 Å². The molecule has 0 aromatic carbocycles. The van der Waals surface area contributed by atoms with Crippen LogP contribution in [0.2, 0.25) is 0 Å². The summed E-state index contributed by atoms with van der Waals surface area (Å²) >= 11 is 0. The van der Waals surface area contributed by atoms with Gasteiger partial charge >= 0.3 is 58.2 Å². The molecule has 0 amide bonds. The Balaban J connectivity index is 0.000000640. The van der Waals surface area contributed by atoms with Crippen LogP contribution in [0.5, 0.6) is 0 Å². The van der Waals surface area contributed by atoms with E-state index in [9.17, 15) is 0 Å². The van der Waals surface area contributed by atoms with Crippen molar-refractivity contribution in [3.05, 3.63) is 23.8 Å². The van der Waals surface area contributed by atoms with E-state index in [0.717, 1.165) is 11.4 Å². The molecule has 0 saturated heterocycles. The Bertz CT molecular complexity index is 171. The van der Waals surface area contributed by atoms with Gasteiger partial charge in [-0.05, 0) is 25.2 Å². The minimum Gasteiger partial charge on any atom is -0.456 e. The topological polar surface area (TPSA) is 25.8 Å². The van der Waals surface area contributed by atoms with Crippen LogP contribution in [-0.4, -0.2) is 9.97 Å². The van der Waals surface area contributed by atoms with Crippen LogP contribution in [0.1, 0.15) is 11.4 Å². The summed E-state index contributed by atoms with van der Waals surface area (Å²) in [5.41, 5.74) is 1.80. The van der Waals surface area contributed by atoms with E-state index in [1.165, 1.54) is 0 Å². The maximum Gasteiger partial charge on any atom is 1.00 e. The molecule has 9 heavy (non-hydrogen) atoms. The Labute approximate surface area is 104 Å². The van der Waals surface area contributed by atoms with E-state index in [2.05, 4.69) is 16.2 Å². The fourth-order valence-electron chi connectivity index (χ4n) is 0.538. The zero-order valence-electron chi connectivity index (χ0n) is 5.97. The molecule has 0 radical (unpaired) electrons. The second-order valence-electron chi connectivity index (χ2n) is 1.71. The van der Waals surface area contributed by atoms with Crippen LogP contribution in [0.15, 0.2) is 6.20 Å². The van der Waals surface area contributed by atoms with E-state index in [0.29, 0.717) is 0 Å². The summed E-state index contributed by atoms with van der Waals surface area (Å²) < 4.78 is 0. The van der Waals surface area contributed by atoms with Gasteiger partial charge < -0.3 is 4.98 Å². The maximum atomic E-state index is 4.06. The predicted octanol–water partition coefficient (Wildman–Crippen LogP) is -2.10. The van der Waals surface area contributed by atoms with E-state index >= 15 is 0 Å². The molecule has 0 N–H and O–H groups in total. The predicted molar refractivity (Wildman–Crippen MR) is 30.3 cm³/mol. The van der Waals surface area contributed by atoms with Gasteiger partial charge in [-0.2, -0.15) is 0 Å². The zero-order valence-corrected chi connectivity index (χ0v) is 10.9. The van der Waals surface area contributed by atoms with E-state index in [4.69, 9.17) is 0 Å².